The van der Waals surface area contributed by atoms with Crippen molar-refractivity contribution in [3.8, 4) is 6.07 Å². The molecule has 0 radical (unpaired) electrons. The number of carbonyl (C=O) groups excluding carboxylic acids is 1. The molecule has 0 spiro atoms. The third-order valence-corrected chi connectivity index (χ3v) is 1.67. The van der Waals surface area contributed by atoms with Crippen molar-refractivity contribution in [1.29, 1.82) is 5.26 Å². The summed E-state index contributed by atoms with van der Waals surface area (Å²) in [6.45, 7) is 5.51. The van der Waals surface area contributed by atoms with Gasteiger partial charge in [-0.1, -0.05) is 38.1 Å². The van der Waals surface area contributed by atoms with Gasteiger partial charge >= 0.3 is 0 Å². The molecular formula is C12H15NO. The predicted molar refractivity (Wildman–Crippen MR) is 57.1 cm³/mol. The van der Waals surface area contributed by atoms with E-state index >= 15 is 0 Å². The Bertz CT molecular complexity index is 336. The number of rotatable bonds is 2. The minimum absolute atomic E-state index is 0.0147. The highest BCUT2D eigenvalue weighted by molar-refractivity contribution is 5.95. The lowest BCUT2D eigenvalue weighted by molar-refractivity contribution is 0.101. The van der Waals surface area contributed by atoms with Gasteiger partial charge in [-0.2, -0.15) is 5.26 Å². The van der Waals surface area contributed by atoms with Crippen molar-refractivity contribution in [2.75, 3.05) is 0 Å². The van der Waals surface area contributed by atoms with Gasteiger partial charge < -0.3 is 0 Å². The highest BCUT2D eigenvalue weighted by Crippen LogP contribution is 2.09. The van der Waals surface area contributed by atoms with Crippen molar-refractivity contribution in [3.05, 3.63) is 35.4 Å². The van der Waals surface area contributed by atoms with Gasteiger partial charge in [-0.3, -0.25) is 4.79 Å². The van der Waals surface area contributed by atoms with E-state index in [0.29, 0.717) is 12.0 Å². The number of ketones is 1. The largest absolute Gasteiger partial charge is 0.295 e. The van der Waals surface area contributed by atoms with Crippen LogP contribution >= 0.6 is 0 Å². The normalized spacial score (nSPS) is 8.14. The monoisotopic (exact) mass is 189 g/mol. The first-order chi connectivity index (χ1) is 6.75. The number of Topliss-reactive ketones (excluding diaryl/α,β-unsaturated/α-hetero) is 1. The summed E-state index contributed by atoms with van der Waals surface area (Å²) in [7, 11) is 0. The van der Waals surface area contributed by atoms with Crippen LogP contribution in [0, 0.1) is 11.3 Å². The van der Waals surface area contributed by atoms with Crippen molar-refractivity contribution < 1.29 is 4.79 Å². The summed E-state index contributed by atoms with van der Waals surface area (Å²) >= 11 is 0. The molecule has 2 nitrogen and oxygen atoms in total. The molecule has 0 aliphatic carbocycles. The Balaban J connectivity index is 0.000000791. The molecule has 0 heterocycles. The quantitative estimate of drug-likeness (QED) is 0.671. The maximum atomic E-state index is 11.0. The van der Waals surface area contributed by atoms with E-state index in [-0.39, 0.29) is 5.78 Å². The summed E-state index contributed by atoms with van der Waals surface area (Å²) in [6.07, 6.45) is 0.301. The van der Waals surface area contributed by atoms with Gasteiger partial charge in [-0.15, -0.1) is 0 Å². The van der Waals surface area contributed by atoms with Crippen LogP contribution in [0.3, 0.4) is 0 Å². The maximum absolute atomic E-state index is 11.0. The van der Waals surface area contributed by atoms with Gasteiger partial charge in [0.05, 0.1) is 12.5 Å². The lowest BCUT2D eigenvalue weighted by Gasteiger charge is -2.00. The number of hydrogen-bond acceptors (Lipinski definition) is 2. The molecule has 1 aromatic rings. The standard InChI is InChI=1S/C10H9NO.C2H6/c1-8(12)10-5-3-2-4-9(10)6-7-11;1-2/h2-5H,6H2,1H3;1-2H3. The van der Waals surface area contributed by atoms with Gasteiger partial charge in [-0.25, -0.2) is 0 Å². The van der Waals surface area contributed by atoms with Crippen LogP contribution < -0.4 is 0 Å². The van der Waals surface area contributed by atoms with Crippen molar-refractivity contribution in [2.45, 2.75) is 27.2 Å². The molecule has 0 aromatic heterocycles. The first-order valence-corrected chi connectivity index (χ1v) is 4.71. The average Bonchev–Trinajstić information content (AvgIpc) is 2.22. The van der Waals surface area contributed by atoms with Crippen LogP contribution in [0.5, 0.6) is 0 Å². The third-order valence-electron chi connectivity index (χ3n) is 1.67. The first-order valence-electron chi connectivity index (χ1n) is 4.71. The Morgan fingerprint density at radius 3 is 2.43 bits per heavy atom. The number of hydrogen-bond donors (Lipinski definition) is 0. The zero-order valence-electron chi connectivity index (χ0n) is 8.87. The number of carbonyl (C=O) groups is 1. The highest BCUT2D eigenvalue weighted by Gasteiger charge is 2.04. The van der Waals surface area contributed by atoms with Crippen molar-refractivity contribution in [1.82, 2.24) is 0 Å². The van der Waals surface area contributed by atoms with E-state index in [1.54, 1.807) is 18.2 Å². The zero-order chi connectivity index (χ0) is 11.0. The Morgan fingerprint density at radius 2 is 1.93 bits per heavy atom. The molecule has 2 heteroatoms. The summed E-state index contributed by atoms with van der Waals surface area (Å²) in [6, 6.07) is 9.21. The average molecular weight is 189 g/mol. The molecule has 0 bridgehead atoms. The molecule has 0 aliphatic heterocycles. The fourth-order valence-electron chi connectivity index (χ4n) is 1.10. The molecule has 14 heavy (non-hydrogen) atoms. The van der Waals surface area contributed by atoms with E-state index in [9.17, 15) is 4.79 Å². The van der Waals surface area contributed by atoms with Crippen molar-refractivity contribution >= 4 is 5.78 Å². The fraction of sp³-hybridized carbons (Fsp3) is 0.333. The SMILES string of the molecule is CC.CC(=O)c1ccccc1CC#N. The van der Waals surface area contributed by atoms with Gasteiger partial charge in [0.25, 0.3) is 0 Å². The molecule has 0 aliphatic rings. The van der Waals surface area contributed by atoms with E-state index in [0.717, 1.165) is 5.56 Å². The number of nitrogens with zero attached hydrogens (tertiary/aromatic N) is 1. The number of nitriles is 1. The zero-order valence-corrected chi connectivity index (χ0v) is 8.87. The lowest BCUT2D eigenvalue weighted by atomic mass is 10.0. The molecule has 0 amide bonds. The molecule has 0 N–H and O–H groups in total. The maximum Gasteiger partial charge on any atom is 0.160 e. The van der Waals surface area contributed by atoms with Crippen molar-refractivity contribution in [2.24, 2.45) is 0 Å². The molecule has 1 rings (SSSR count). The van der Waals surface area contributed by atoms with Crippen molar-refractivity contribution in [3.63, 3.8) is 0 Å². The van der Waals surface area contributed by atoms with E-state index in [2.05, 4.69) is 0 Å². The summed E-state index contributed by atoms with van der Waals surface area (Å²) < 4.78 is 0. The second kappa shape index (κ2) is 6.85. The molecule has 0 atom stereocenters. The summed E-state index contributed by atoms with van der Waals surface area (Å²) in [4.78, 5) is 11.0. The van der Waals surface area contributed by atoms with Crippen LogP contribution in [0.25, 0.3) is 0 Å². The summed E-state index contributed by atoms with van der Waals surface area (Å²) in [5.41, 5.74) is 1.46. The van der Waals surface area contributed by atoms with E-state index in [1.807, 2.05) is 26.0 Å². The third kappa shape index (κ3) is 3.40. The minimum Gasteiger partial charge on any atom is -0.295 e. The summed E-state index contributed by atoms with van der Waals surface area (Å²) in [5, 5.41) is 8.46. The van der Waals surface area contributed by atoms with E-state index in [4.69, 9.17) is 5.26 Å². The van der Waals surface area contributed by atoms with Crippen LogP contribution in [0.4, 0.5) is 0 Å². The topological polar surface area (TPSA) is 40.9 Å². The van der Waals surface area contributed by atoms with Gasteiger partial charge in [0.15, 0.2) is 5.78 Å². The molecular weight excluding hydrogens is 174 g/mol. The first kappa shape index (κ1) is 12.4. The molecule has 0 saturated carbocycles. The minimum atomic E-state index is 0.0147. The Labute approximate surface area is 85.2 Å². The Kier molecular flexibility index (Phi) is 6.06. The molecule has 0 unspecified atom stereocenters. The van der Waals surface area contributed by atoms with Crippen LogP contribution in [-0.2, 0) is 6.42 Å². The predicted octanol–water partition coefficient (Wildman–Crippen LogP) is 2.98. The van der Waals surface area contributed by atoms with E-state index in [1.165, 1.54) is 6.92 Å². The van der Waals surface area contributed by atoms with Gasteiger partial charge in [-0.05, 0) is 12.5 Å². The number of benzene rings is 1. The van der Waals surface area contributed by atoms with Crippen LogP contribution in [-0.4, -0.2) is 5.78 Å². The molecule has 0 saturated heterocycles. The van der Waals surface area contributed by atoms with Crippen LogP contribution in [0.1, 0.15) is 36.7 Å². The van der Waals surface area contributed by atoms with Crippen LogP contribution in [0.2, 0.25) is 0 Å². The molecule has 0 fully saturated rings. The Morgan fingerprint density at radius 1 is 1.36 bits per heavy atom. The second-order valence-corrected chi connectivity index (χ2v) is 2.55. The van der Waals surface area contributed by atoms with E-state index < -0.39 is 0 Å². The second-order valence-electron chi connectivity index (χ2n) is 2.55. The smallest absolute Gasteiger partial charge is 0.160 e. The fourth-order valence-corrected chi connectivity index (χ4v) is 1.10. The van der Waals surface area contributed by atoms with Gasteiger partial charge in [0.2, 0.25) is 0 Å². The highest BCUT2D eigenvalue weighted by atomic mass is 16.1. The van der Waals surface area contributed by atoms with Gasteiger partial charge in [0.1, 0.15) is 0 Å². The molecule has 74 valence electrons. The molecule has 1 aromatic carbocycles. The lowest BCUT2D eigenvalue weighted by Crippen LogP contribution is -1.97. The van der Waals surface area contributed by atoms with Gasteiger partial charge in [0, 0.05) is 5.56 Å². The van der Waals surface area contributed by atoms with Crippen LogP contribution in [0.15, 0.2) is 24.3 Å². The Hall–Kier alpha value is -1.62. The summed E-state index contributed by atoms with van der Waals surface area (Å²) in [5.74, 6) is 0.0147.